The molecule has 0 heterocycles. The number of nitrogens with one attached hydrogen (secondary N) is 1. The Balaban J connectivity index is 2.44. The van der Waals surface area contributed by atoms with Crippen LogP contribution in [-0.4, -0.2) is 15.5 Å². The van der Waals surface area contributed by atoms with Gasteiger partial charge in [-0.05, 0) is 36.4 Å². The highest BCUT2D eigenvalue weighted by Gasteiger charge is 2.19. The van der Waals surface area contributed by atoms with Crippen LogP contribution in [-0.2, 0) is 10.0 Å². The summed E-state index contributed by atoms with van der Waals surface area (Å²) in [6.45, 7) is 0. The fourth-order valence-electron chi connectivity index (χ4n) is 1.72. The second-order valence-corrected chi connectivity index (χ2v) is 7.14. The molecule has 2 rings (SSSR count). The lowest BCUT2D eigenvalue weighted by atomic mass is 10.3. The normalized spacial score (nSPS) is 11.2. The summed E-state index contributed by atoms with van der Waals surface area (Å²) >= 11 is 9.11. The molecule has 0 unspecified atom stereocenters. The van der Waals surface area contributed by atoms with E-state index in [9.17, 15) is 8.42 Å². The summed E-state index contributed by atoms with van der Waals surface area (Å²) in [6, 6.07) is 9.17. The van der Waals surface area contributed by atoms with E-state index in [1.165, 1.54) is 25.3 Å². The van der Waals surface area contributed by atoms with Gasteiger partial charge in [-0.25, -0.2) is 8.42 Å². The van der Waals surface area contributed by atoms with E-state index in [0.717, 1.165) is 0 Å². The standard InChI is InChI=1S/C13H12BrClN2O3S/c1-20-12-4-3-9(15)7-11(12)17-21(18,19)13-5-2-8(14)6-10(13)16/h2-7,17H,16H2,1H3. The minimum absolute atomic E-state index is 0.0206. The second kappa shape index (κ2) is 6.13. The predicted molar refractivity (Wildman–Crippen MR) is 87.4 cm³/mol. The molecule has 0 saturated carbocycles. The summed E-state index contributed by atoms with van der Waals surface area (Å²) in [4.78, 5) is -0.0206. The van der Waals surface area contributed by atoms with Crippen molar-refractivity contribution in [1.29, 1.82) is 0 Å². The lowest BCUT2D eigenvalue weighted by Crippen LogP contribution is -2.15. The van der Waals surface area contributed by atoms with E-state index in [4.69, 9.17) is 22.1 Å². The van der Waals surface area contributed by atoms with E-state index in [1.807, 2.05) is 0 Å². The van der Waals surface area contributed by atoms with Gasteiger partial charge >= 0.3 is 0 Å². The highest BCUT2D eigenvalue weighted by Crippen LogP contribution is 2.31. The van der Waals surface area contributed by atoms with Crippen LogP contribution in [0, 0.1) is 0 Å². The summed E-state index contributed by atoms with van der Waals surface area (Å²) in [5, 5.41) is 0.386. The van der Waals surface area contributed by atoms with Crippen molar-refractivity contribution in [1.82, 2.24) is 0 Å². The monoisotopic (exact) mass is 390 g/mol. The van der Waals surface area contributed by atoms with Crippen molar-refractivity contribution in [3.63, 3.8) is 0 Å². The van der Waals surface area contributed by atoms with Crippen molar-refractivity contribution in [3.05, 3.63) is 45.9 Å². The summed E-state index contributed by atoms with van der Waals surface area (Å²) in [5.74, 6) is 0.360. The summed E-state index contributed by atoms with van der Waals surface area (Å²) in [7, 11) is -2.41. The SMILES string of the molecule is COc1ccc(Cl)cc1NS(=O)(=O)c1ccc(Br)cc1N. The average Bonchev–Trinajstić information content (AvgIpc) is 2.37. The third kappa shape index (κ3) is 3.61. The number of nitrogens with two attached hydrogens (primary N) is 1. The van der Waals surface area contributed by atoms with E-state index in [0.29, 0.717) is 15.2 Å². The van der Waals surface area contributed by atoms with Gasteiger partial charge in [0.05, 0.1) is 18.5 Å². The Bertz CT molecular complexity index is 781. The molecule has 0 saturated heterocycles. The largest absolute Gasteiger partial charge is 0.495 e. The highest BCUT2D eigenvalue weighted by atomic mass is 79.9. The van der Waals surface area contributed by atoms with Gasteiger partial charge in [0.1, 0.15) is 10.6 Å². The fraction of sp³-hybridized carbons (Fsp3) is 0.0769. The Morgan fingerprint density at radius 2 is 1.95 bits per heavy atom. The Morgan fingerprint density at radius 1 is 1.24 bits per heavy atom. The molecule has 0 bridgehead atoms. The maximum Gasteiger partial charge on any atom is 0.264 e. The molecule has 0 radical (unpaired) electrons. The van der Waals surface area contributed by atoms with Crippen LogP contribution in [0.15, 0.2) is 45.8 Å². The minimum Gasteiger partial charge on any atom is -0.495 e. The minimum atomic E-state index is -3.84. The zero-order chi connectivity index (χ0) is 15.6. The van der Waals surface area contributed by atoms with Gasteiger partial charge in [0.25, 0.3) is 10.0 Å². The van der Waals surface area contributed by atoms with Gasteiger partial charge in [-0.1, -0.05) is 27.5 Å². The molecule has 0 aromatic heterocycles. The lowest BCUT2D eigenvalue weighted by Gasteiger charge is -2.13. The van der Waals surface area contributed by atoms with Gasteiger partial charge in [-0.3, -0.25) is 4.72 Å². The third-order valence-corrected chi connectivity index (χ3v) is 4.84. The third-order valence-electron chi connectivity index (χ3n) is 2.67. The number of benzene rings is 2. The Hall–Kier alpha value is -1.44. The smallest absolute Gasteiger partial charge is 0.264 e. The van der Waals surface area contributed by atoms with Crippen molar-refractivity contribution in [3.8, 4) is 5.75 Å². The molecule has 0 aliphatic heterocycles. The fourth-order valence-corrected chi connectivity index (χ4v) is 3.45. The van der Waals surface area contributed by atoms with Gasteiger partial charge in [0, 0.05) is 9.50 Å². The molecule has 2 aromatic rings. The van der Waals surface area contributed by atoms with Crippen molar-refractivity contribution >= 4 is 48.9 Å². The van der Waals surface area contributed by atoms with Crippen LogP contribution in [0.2, 0.25) is 5.02 Å². The first kappa shape index (κ1) is 15.9. The van der Waals surface area contributed by atoms with Gasteiger partial charge in [0.15, 0.2) is 0 Å². The average molecular weight is 392 g/mol. The quantitative estimate of drug-likeness (QED) is 0.782. The van der Waals surface area contributed by atoms with Gasteiger partial charge in [0.2, 0.25) is 0 Å². The number of hydrogen-bond acceptors (Lipinski definition) is 4. The molecule has 0 amide bonds. The van der Waals surface area contributed by atoms with Crippen LogP contribution < -0.4 is 15.2 Å². The number of hydrogen-bond donors (Lipinski definition) is 2. The molecule has 0 spiro atoms. The van der Waals surface area contributed by atoms with Crippen LogP contribution in [0.4, 0.5) is 11.4 Å². The molecular formula is C13H12BrClN2O3S. The zero-order valence-electron chi connectivity index (χ0n) is 10.9. The lowest BCUT2D eigenvalue weighted by molar-refractivity contribution is 0.417. The van der Waals surface area contributed by atoms with Crippen LogP contribution in [0.25, 0.3) is 0 Å². The number of halogens is 2. The van der Waals surface area contributed by atoms with E-state index in [-0.39, 0.29) is 16.3 Å². The Kier molecular flexibility index (Phi) is 4.65. The van der Waals surface area contributed by atoms with Crippen LogP contribution in [0.3, 0.4) is 0 Å². The van der Waals surface area contributed by atoms with Crippen LogP contribution in [0.1, 0.15) is 0 Å². The summed E-state index contributed by atoms with van der Waals surface area (Å²) in [6.07, 6.45) is 0. The number of sulfonamides is 1. The van der Waals surface area contributed by atoms with E-state index in [1.54, 1.807) is 18.2 Å². The van der Waals surface area contributed by atoms with E-state index >= 15 is 0 Å². The molecule has 0 fully saturated rings. The van der Waals surface area contributed by atoms with Crippen molar-refractivity contribution in [2.75, 3.05) is 17.6 Å². The molecule has 8 heteroatoms. The highest BCUT2D eigenvalue weighted by molar-refractivity contribution is 9.10. The second-order valence-electron chi connectivity index (χ2n) is 4.13. The first-order valence-corrected chi connectivity index (χ1v) is 8.40. The Labute approximate surface area is 136 Å². The van der Waals surface area contributed by atoms with Gasteiger partial charge < -0.3 is 10.5 Å². The molecule has 0 aliphatic rings. The van der Waals surface area contributed by atoms with Crippen LogP contribution >= 0.6 is 27.5 Å². The topological polar surface area (TPSA) is 81.4 Å². The number of rotatable bonds is 4. The molecule has 112 valence electrons. The molecule has 0 atom stereocenters. The predicted octanol–water partition coefficient (Wildman–Crippen LogP) is 3.49. The molecule has 0 aliphatic carbocycles. The summed E-state index contributed by atoms with van der Waals surface area (Å²) < 4.78 is 33.0. The number of nitrogen functional groups attached to an aromatic ring is 1. The zero-order valence-corrected chi connectivity index (χ0v) is 14.1. The first-order valence-electron chi connectivity index (χ1n) is 5.75. The maximum absolute atomic E-state index is 12.4. The van der Waals surface area contributed by atoms with Gasteiger partial charge in [-0.15, -0.1) is 0 Å². The van der Waals surface area contributed by atoms with Gasteiger partial charge in [-0.2, -0.15) is 0 Å². The van der Waals surface area contributed by atoms with E-state index in [2.05, 4.69) is 20.7 Å². The molecule has 3 N–H and O–H groups in total. The number of anilines is 2. The molecular weight excluding hydrogens is 380 g/mol. The Morgan fingerprint density at radius 3 is 2.57 bits per heavy atom. The van der Waals surface area contributed by atoms with Crippen molar-refractivity contribution in [2.24, 2.45) is 0 Å². The molecule has 2 aromatic carbocycles. The number of methoxy groups -OCH3 is 1. The maximum atomic E-state index is 12.4. The summed E-state index contributed by atoms with van der Waals surface area (Å²) in [5.41, 5.74) is 6.13. The first-order chi connectivity index (χ1) is 9.83. The van der Waals surface area contributed by atoms with E-state index < -0.39 is 10.0 Å². The van der Waals surface area contributed by atoms with Crippen molar-refractivity contribution < 1.29 is 13.2 Å². The molecule has 21 heavy (non-hydrogen) atoms. The molecule has 5 nitrogen and oxygen atoms in total. The van der Waals surface area contributed by atoms with Crippen LogP contribution in [0.5, 0.6) is 5.75 Å². The van der Waals surface area contributed by atoms with Crippen molar-refractivity contribution in [2.45, 2.75) is 4.90 Å². The number of ether oxygens (including phenoxy) is 1.